The fourth-order valence-corrected chi connectivity index (χ4v) is 4.66. The van der Waals surface area contributed by atoms with Gasteiger partial charge in [0.15, 0.2) is 5.06 Å². The van der Waals surface area contributed by atoms with Crippen molar-refractivity contribution in [3.63, 3.8) is 0 Å². The maximum absolute atomic E-state index is 12.3. The molecule has 3 atom stereocenters. The molecule has 1 amide bonds. The Bertz CT molecular complexity index is 697. The smallest absolute Gasteiger partial charge is 0.279 e. The molecule has 2 fully saturated rings. The number of thiazole rings is 1. The topological polar surface area (TPSA) is 63.2 Å². The number of carbonyl (C=O) groups is 1. The molecule has 0 spiro atoms. The molecule has 4 rings (SSSR count). The van der Waals surface area contributed by atoms with Gasteiger partial charge >= 0.3 is 0 Å². The van der Waals surface area contributed by atoms with E-state index in [4.69, 9.17) is 4.74 Å². The van der Waals surface area contributed by atoms with E-state index in [2.05, 4.69) is 15.6 Å². The fourth-order valence-electron chi connectivity index (χ4n) is 3.19. The highest BCUT2D eigenvalue weighted by Crippen LogP contribution is 2.32. The van der Waals surface area contributed by atoms with E-state index in [9.17, 15) is 4.79 Å². The Morgan fingerprint density at radius 1 is 1.45 bits per heavy atom. The van der Waals surface area contributed by atoms with E-state index in [0.717, 1.165) is 18.5 Å². The summed E-state index contributed by atoms with van der Waals surface area (Å²) < 4.78 is 5.68. The lowest BCUT2D eigenvalue weighted by atomic mass is 9.95. The number of nitrogens with one attached hydrogen (secondary N) is 2. The van der Waals surface area contributed by atoms with Crippen LogP contribution in [0.4, 0.5) is 0 Å². The first-order valence-corrected chi connectivity index (χ1v) is 9.14. The van der Waals surface area contributed by atoms with Crippen LogP contribution in [0.15, 0.2) is 17.5 Å². The molecule has 0 aromatic carbocycles. The number of nitrogens with zero attached hydrogens (tertiary/aromatic N) is 1. The van der Waals surface area contributed by atoms with Gasteiger partial charge in [-0.1, -0.05) is 22.7 Å². The minimum absolute atomic E-state index is 0.00507. The second-order valence-electron chi connectivity index (χ2n) is 5.84. The maximum Gasteiger partial charge on any atom is 0.279 e. The van der Waals surface area contributed by atoms with E-state index < -0.39 is 0 Å². The van der Waals surface area contributed by atoms with E-state index in [0.29, 0.717) is 27.2 Å². The van der Waals surface area contributed by atoms with Crippen LogP contribution in [0.2, 0.25) is 0 Å². The van der Waals surface area contributed by atoms with Gasteiger partial charge in [0, 0.05) is 23.5 Å². The van der Waals surface area contributed by atoms with Crippen molar-refractivity contribution in [2.24, 2.45) is 0 Å². The normalized spacial score (nSPS) is 26.3. The van der Waals surface area contributed by atoms with Crippen molar-refractivity contribution >= 4 is 28.6 Å². The SMILES string of the molecule is Cc1csc(Oc2ccc(C(=O)N[C@@H]3C[C@H]4CC[C@@H]3N4)s2)n1. The molecule has 116 valence electrons. The molecule has 2 bridgehead atoms. The van der Waals surface area contributed by atoms with E-state index >= 15 is 0 Å². The Labute approximate surface area is 136 Å². The van der Waals surface area contributed by atoms with E-state index in [1.807, 2.05) is 24.4 Å². The highest BCUT2D eigenvalue weighted by Gasteiger charge is 2.39. The Morgan fingerprint density at radius 3 is 3.05 bits per heavy atom. The number of thiophene rings is 1. The number of fused-ring (bicyclic) bond motifs is 2. The third kappa shape index (κ3) is 2.76. The molecule has 2 N–H and O–H groups in total. The predicted octanol–water partition coefficient (Wildman–Crippen LogP) is 2.93. The van der Waals surface area contributed by atoms with Crippen LogP contribution in [0, 0.1) is 6.92 Å². The molecule has 2 aliphatic rings. The molecular weight excluding hydrogens is 318 g/mol. The zero-order chi connectivity index (χ0) is 15.1. The largest absolute Gasteiger partial charge is 0.420 e. The summed E-state index contributed by atoms with van der Waals surface area (Å²) in [7, 11) is 0. The molecule has 2 aliphatic heterocycles. The van der Waals surface area contributed by atoms with Crippen LogP contribution in [0.5, 0.6) is 10.3 Å². The third-order valence-electron chi connectivity index (χ3n) is 4.21. The molecule has 7 heteroatoms. The number of aromatic nitrogens is 1. The summed E-state index contributed by atoms with van der Waals surface area (Å²) in [5, 5.41) is 9.94. The van der Waals surface area contributed by atoms with Crippen LogP contribution >= 0.6 is 22.7 Å². The summed E-state index contributed by atoms with van der Waals surface area (Å²) >= 11 is 2.82. The molecule has 2 aromatic heterocycles. The first-order chi connectivity index (χ1) is 10.7. The summed E-state index contributed by atoms with van der Waals surface area (Å²) in [5.41, 5.74) is 0.943. The number of ether oxygens (including phenoxy) is 1. The molecule has 0 aliphatic carbocycles. The second kappa shape index (κ2) is 5.64. The summed E-state index contributed by atoms with van der Waals surface area (Å²) in [6, 6.07) is 4.94. The lowest BCUT2D eigenvalue weighted by molar-refractivity contribution is 0.0935. The van der Waals surface area contributed by atoms with Crippen LogP contribution in [-0.2, 0) is 0 Å². The summed E-state index contributed by atoms with van der Waals surface area (Å²) in [5.74, 6) is -0.00507. The highest BCUT2D eigenvalue weighted by atomic mass is 32.1. The molecule has 4 heterocycles. The van der Waals surface area contributed by atoms with Gasteiger partial charge in [-0.05, 0) is 38.3 Å². The van der Waals surface area contributed by atoms with Crippen LogP contribution in [0.1, 0.15) is 34.6 Å². The van der Waals surface area contributed by atoms with Crippen molar-refractivity contribution < 1.29 is 9.53 Å². The first kappa shape index (κ1) is 14.2. The highest BCUT2D eigenvalue weighted by molar-refractivity contribution is 7.16. The zero-order valence-electron chi connectivity index (χ0n) is 12.2. The third-order valence-corrected chi connectivity index (χ3v) is 6.00. The van der Waals surface area contributed by atoms with Gasteiger partial charge in [0.25, 0.3) is 11.1 Å². The van der Waals surface area contributed by atoms with Crippen molar-refractivity contribution in [1.29, 1.82) is 0 Å². The van der Waals surface area contributed by atoms with Crippen LogP contribution in [0.3, 0.4) is 0 Å². The number of amides is 1. The maximum atomic E-state index is 12.3. The number of rotatable bonds is 4. The van der Waals surface area contributed by atoms with Crippen molar-refractivity contribution in [3.8, 4) is 10.3 Å². The van der Waals surface area contributed by atoms with Gasteiger partial charge in [0.1, 0.15) is 0 Å². The number of aryl methyl sites for hydroxylation is 1. The Balaban J connectivity index is 1.39. The van der Waals surface area contributed by atoms with Crippen LogP contribution < -0.4 is 15.4 Å². The first-order valence-electron chi connectivity index (χ1n) is 7.44. The zero-order valence-corrected chi connectivity index (χ0v) is 13.8. The van der Waals surface area contributed by atoms with Crippen molar-refractivity contribution in [1.82, 2.24) is 15.6 Å². The molecular formula is C15H17N3O2S2. The Kier molecular flexibility index (Phi) is 3.63. The molecule has 0 saturated carbocycles. The van der Waals surface area contributed by atoms with Crippen molar-refractivity contribution in [2.75, 3.05) is 0 Å². The molecule has 0 radical (unpaired) electrons. The molecule has 2 aromatic rings. The van der Waals surface area contributed by atoms with Gasteiger partial charge < -0.3 is 15.4 Å². The standard InChI is InChI=1S/C15H17N3O2S2/c1-8-7-21-15(16-8)20-13-5-4-12(22-13)14(19)18-11-6-9-2-3-10(11)17-9/h4-5,7,9-11,17H,2-3,6H2,1H3,(H,18,19)/t9-,10+,11-/m1/s1. The lowest BCUT2D eigenvalue weighted by Gasteiger charge is -2.20. The number of hydrogen-bond acceptors (Lipinski definition) is 6. The summed E-state index contributed by atoms with van der Waals surface area (Å²) in [6.45, 7) is 1.93. The van der Waals surface area contributed by atoms with E-state index in [1.54, 1.807) is 0 Å². The number of carbonyl (C=O) groups excluding carboxylic acids is 1. The van der Waals surface area contributed by atoms with Gasteiger partial charge in [-0.25, -0.2) is 4.98 Å². The van der Waals surface area contributed by atoms with Gasteiger partial charge in [-0.15, -0.1) is 0 Å². The van der Waals surface area contributed by atoms with E-state index in [1.165, 1.54) is 29.1 Å². The van der Waals surface area contributed by atoms with Gasteiger partial charge in [-0.2, -0.15) is 0 Å². The van der Waals surface area contributed by atoms with Gasteiger partial charge in [0.05, 0.1) is 10.6 Å². The fraction of sp³-hybridized carbons (Fsp3) is 0.467. The minimum atomic E-state index is -0.00507. The van der Waals surface area contributed by atoms with Crippen LogP contribution in [0.25, 0.3) is 0 Å². The summed E-state index contributed by atoms with van der Waals surface area (Å²) in [4.78, 5) is 17.3. The number of hydrogen-bond donors (Lipinski definition) is 2. The monoisotopic (exact) mass is 335 g/mol. The average Bonchev–Trinajstić information content (AvgIpc) is 3.24. The molecule has 2 saturated heterocycles. The molecule has 22 heavy (non-hydrogen) atoms. The second-order valence-corrected chi connectivity index (χ2v) is 7.71. The predicted molar refractivity (Wildman–Crippen MR) is 87.1 cm³/mol. The average molecular weight is 335 g/mol. The van der Waals surface area contributed by atoms with Gasteiger partial charge in [-0.3, -0.25) is 4.79 Å². The molecule has 5 nitrogen and oxygen atoms in total. The van der Waals surface area contributed by atoms with Crippen molar-refractivity contribution in [2.45, 2.75) is 44.3 Å². The lowest BCUT2D eigenvalue weighted by Crippen LogP contribution is -2.42. The Hall–Kier alpha value is -1.44. The van der Waals surface area contributed by atoms with Crippen LogP contribution in [-0.4, -0.2) is 29.0 Å². The molecule has 0 unspecified atom stereocenters. The van der Waals surface area contributed by atoms with Crippen molar-refractivity contribution in [3.05, 3.63) is 28.1 Å². The minimum Gasteiger partial charge on any atom is -0.420 e. The quantitative estimate of drug-likeness (QED) is 0.902. The van der Waals surface area contributed by atoms with E-state index in [-0.39, 0.29) is 11.9 Å². The summed E-state index contributed by atoms with van der Waals surface area (Å²) in [6.07, 6.45) is 3.45. The van der Waals surface area contributed by atoms with Gasteiger partial charge in [0.2, 0.25) is 0 Å². The Morgan fingerprint density at radius 2 is 2.36 bits per heavy atom.